The molecule has 2 rings (SSSR count). The second-order valence-corrected chi connectivity index (χ2v) is 4.45. The summed E-state index contributed by atoms with van der Waals surface area (Å²) in [5, 5.41) is 22.7. The Balaban J connectivity index is 1.94. The summed E-state index contributed by atoms with van der Waals surface area (Å²) >= 11 is 0. The number of nitrogens with one attached hydrogen (secondary N) is 2. The Hall–Kier alpha value is -2.61. The largest absolute Gasteiger partial charge is 0.482 e. The molecule has 0 aromatic heterocycles. The molecule has 1 aromatic carbocycles. The highest BCUT2D eigenvalue weighted by molar-refractivity contribution is 5.98. The molecule has 2 amide bonds. The van der Waals surface area contributed by atoms with Gasteiger partial charge in [0.1, 0.15) is 5.75 Å². The Kier molecular flexibility index (Phi) is 4.39. The molecule has 1 aliphatic heterocycles. The first-order valence-electron chi connectivity index (χ1n) is 6.23. The Labute approximate surface area is 119 Å². The van der Waals surface area contributed by atoms with E-state index < -0.39 is 18.0 Å². The van der Waals surface area contributed by atoms with Crippen LogP contribution in [0.25, 0.3) is 0 Å². The molecular weight excluding hydrogens is 280 g/mol. The Morgan fingerprint density at radius 1 is 1.43 bits per heavy atom. The second kappa shape index (κ2) is 6.23. The van der Waals surface area contributed by atoms with Gasteiger partial charge in [-0.1, -0.05) is 0 Å². The van der Waals surface area contributed by atoms with Gasteiger partial charge in [-0.3, -0.25) is 9.59 Å². The molecule has 0 fully saturated rings. The van der Waals surface area contributed by atoms with Crippen LogP contribution in [0.3, 0.4) is 0 Å². The highest BCUT2D eigenvalue weighted by Crippen LogP contribution is 2.28. The second-order valence-electron chi connectivity index (χ2n) is 4.45. The predicted molar refractivity (Wildman–Crippen MR) is 71.2 cm³/mol. The number of ether oxygens (including phenoxy) is 1. The number of aliphatic hydroxyl groups is 1. The van der Waals surface area contributed by atoms with Crippen LogP contribution in [0.2, 0.25) is 0 Å². The van der Waals surface area contributed by atoms with Gasteiger partial charge >= 0.3 is 5.97 Å². The molecule has 1 aromatic rings. The summed E-state index contributed by atoms with van der Waals surface area (Å²) < 4.78 is 5.19. The summed E-state index contributed by atoms with van der Waals surface area (Å²) in [6.45, 7) is -0.0795. The van der Waals surface area contributed by atoms with Crippen molar-refractivity contribution in [1.82, 2.24) is 5.32 Å². The smallest absolute Gasteiger partial charge is 0.332 e. The lowest BCUT2D eigenvalue weighted by atomic mass is 10.1. The molecule has 1 heterocycles. The van der Waals surface area contributed by atoms with Gasteiger partial charge in [-0.05, 0) is 18.2 Å². The Bertz CT molecular complexity index is 586. The standard InChI is InChI=1S/C13H14N2O6/c16-9(13(19)20)3-4-14-12(18)7-1-2-8-10(5-7)21-6-11(17)15-8/h1-2,5,9,16H,3-4,6H2,(H,14,18)(H,15,17)(H,19,20)/t9-/m0/s1. The number of carbonyl (C=O) groups excluding carboxylic acids is 2. The van der Waals surface area contributed by atoms with Gasteiger partial charge in [0, 0.05) is 18.5 Å². The third kappa shape index (κ3) is 3.69. The van der Waals surface area contributed by atoms with Crippen LogP contribution < -0.4 is 15.4 Å². The van der Waals surface area contributed by atoms with E-state index in [1.807, 2.05) is 0 Å². The average Bonchev–Trinajstić information content (AvgIpc) is 2.46. The van der Waals surface area contributed by atoms with Crippen molar-refractivity contribution in [3.63, 3.8) is 0 Å². The first kappa shape index (κ1) is 14.8. The van der Waals surface area contributed by atoms with E-state index in [4.69, 9.17) is 14.9 Å². The molecule has 0 radical (unpaired) electrons. The number of carboxylic acid groups (broad SMARTS) is 1. The SMILES string of the molecule is O=C1COc2cc(C(=O)NCC[C@H](O)C(=O)O)ccc2N1. The van der Waals surface area contributed by atoms with Gasteiger partial charge in [0.05, 0.1) is 5.69 Å². The third-order valence-corrected chi connectivity index (χ3v) is 2.87. The molecule has 112 valence electrons. The Morgan fingerprint density at radius 2 is 2.19 bits per heavy atom. The summed E-state index contributed by atoms with van der Waals surface area (Å²) in [6.07, 6.45) is -1.59. The molecule has 0 saturated heterocycles. The van der Waals surface area contributed by atoms with E-state index in [-0.39, 0.29) is 25.5 Å². The van der Waals surface area contributed by atoms with E-state index in [2.05, 4.69) is 10.6 Å². The topological polar surface area (TPSA) is 125 Å². The van der Waals surface area contributed by atoms with Crippen LogP contribution in [0, 0.1) is 0 Å². The minimum absolute atomic E-state index is 0.0287. The van der Waals surface area contributed by atoms with Crippen molar-refractivity contribution >= 4 is 23.5 Å². The van der Waals surface area contributed by atoms with Crippen LogP contribution in [0.1, 0.15) is 16.8 Å². The number of benzene rings is 1. The van der Waals surface area contributed by atoms with Crippen molar-refractivity contribution in [3.8, 4) is 5.75 Å². The van der Waals surface area contributed by atoms with E-state index in [9.17, 15) is 14.4 Å². The van der Waals surface area contributed by atoms with Gasteiger partial charge in [-0.25, -0.2) is 4.79 Å². The summed E-state index contributed by atoms with van der Waals surface area (Å²) in [5.74, 6) is -1.62. The number of anilines is 1. The maximum absolute atomic E-state index is 11.9. The van der Waals surface area contributed by atoms with Crippen LogP contribution in [0.15, 0.2) is 18.2 Å². The van der Waals surface area contributed by atoms with Crippen molar-refractivity contribution in [2.24, 2.45) is 0 Å². The van der Waals surface area contributed by atoms with Gasteiger partial charge in [0.2, 0.25) is 0 Å². The number of rotatable bonds is 5. The highest BCUT2D eigenvalue weighted by Gasteiger charge is 2.18. The lowest BCUT2D eigenvalue weighted by molar-refractivity contribution is -0.146. The zero-order chi connectivity index (χ0) is 15.4. The lowest BCUT2D eigenvalue weighted by Gasteiger charge is -2.18. The molecule has 21 heavy (non-hydrogen) atoms. The molecule has 0 aliphatic carbocycles. The fraction of sp³-hybridized carbons (Fsp3) is 0.308. The predicted octanol–water partition coefficient (Wildman–Crippen LogP) is -0.417. The third-order valence-electron chi connectivity index (χ3n) is 2.87. The Morgan fingerprint density at radius 3 is 2.90 bits per heavy atom. The van der Waals surface area contributed by atoms with E-state index in [1.165, 1.54) is 12.1 Å². The normalized spacial score (nSPS) is 14.4. The van der Waals surface area contributed by atoms with Crippen LogP contribution in [0.5, 0.6) is 5.75 Å². The molecule has 8 nitrogen and oxygen atoms in total. The molecule has 0 spiro atoms. The first-order valence-corrected chi connectivity index (χ1v) is 6.23. The number of amides is 2. The van der Waals surface area contributed by atoms with Gasteiger partial charge in [-0.15, -0.1) is 0 Å². The minimum Gasteiger partial charge on any atom is -0.482 e. The summed E-state index contributed by atoms with van der Waals surface area (Å²) in [4.78, 5) is 33.4. The zero-order valence-electron chi connectivity index (χ0n) is 11.0. The van der Waals surface area contributed by atoms with Crippen molar-refractivity contribution in [3.05, 3.63) is 23.8 Å². The molecule has 0 bridgehead atoms. The summed E-state index contributed by atoms with van der Waals surface area (Å²) in [7, 11) is 0. The highest BCUT2D eigenvalue weighted by atomic mass is 16.5. The minimum atomic E-state index is -1.51. The van der Waals surface area contributed by atoms with E-state index >= 15 is 0 Å². The quantitative estimate of drug-likeness (QED) is 0.584. The zero-order valence-corrected chi connectivity index (χ0v) is 11.0. The van der Waals surface area contributed by atoms with Crippen LogP contribution in [0.4, 0.5) is 5.69 Å². The van der Waals surface area contributed by atoms with Crippen molar-refractivity contribution < 1.29 is 29.3 Å². The fourth-order valence-electron chi connectivity index (χ4n) is 1.76. The number of aliphatic carboxylic acids is 1. The van der Waals surface area contributed by atoms with Gasteiger partial charge in [-0.2, -0.15) is 0 Å². The molecule has 0 unspecified atom stereocenters. The lowest BCUT2D eigenvalue weighted by Crippen LogP contribution is -2.30. The summed E-state index contributed by atoms with van der Waals surface area (Å²) in [5.41, 5.74) is 0.804. The van der Waals surface area contributed by atoms with Gasteiger partial charge in [0.25, 0.3) is 11.8 Å². The number of hydrogen-bond acceptors (Lipinski definition) is 5. The fourth-order valence-corrected chi connectivity index (χ4v) is 1.76. The number of carbonyl (C=O) groups is 3. The molecule has 1 aliphatic rings. The maximum atomic E-state index is 11.9. The first-order chi connectivity index (χ1) is 9.97. The van der Waals surface area contributed by atoms with Crippen LogP contribution in [-0.4, -0.2) is 47.3 Å². The van der Waals surface area contributed by atoms with E-state index in [1.54, 1.807) is 6.07 Å². The molecule has 4 N–H and O–H groups in total. The van der Waals surface area contributed by atoms with E-state index in [0.717, 1.165) is 0 Å². The number of carboxylic acids is 1. The van der Waals surface area contributed by atoms with Gasteiger partial charge < -0.3 is 25.6 Å². The number of fused-ring (bicyclic) bond motifs is 1. The van der Waals surface area contributed by atoms with Crippen molar-refractivity contribution in [2.75, 3.05) is 18.5 Å². The average molecular weight is 294 g/mol. The number of hydrogen-bond donors (Lipinski definition) is 4. The molecule has 0 saturated carbocycles. The van der Waals surface area contributed by atoms with E-state index in [0.29, 0.717) is 17.0 Å². The van der Waals surface area contributed by atoms with Crippen molar-refractivity contribution in [2.45, 2.75) is 12.5 Å². The molecule has 1 atom stereocenters. The van der Waals surface area contributed by atoms with Crippen LogP contribution >= 0.6 is 0 Å². The maximum Gasteiger partial charge on any atom is 0.332 e. The monoisotopic (exact) mass is 294 g/mol. The summed E-state index contributed by atoms with van der Waals surface area (Å²) in [6, 6.07) is 4.54. The molecular formula is C13H14N2O6. The number of aliphatic hydroxyl groups excluding tert-OH is 1. The van der Waals surface area contributed by atoms with Crippen molar-refractivity contribution in [1.29, 1.82) is 0 Å². The van der Waals surface area contributed by atoms with Crippen LogP contribution in [-0.2, 0) is 9.59 Å². The molecule has 8 heteroatoms. The van der Waals surface area contributed by atoms with Gasteiger partial charge in [0.15, 0.2) is 12.7 Å².